The van der Waals surface area contributed by atoms with Crippen molar-refractivity contribution in [2.75, 3.05) is 10.6 Å². The summed E-state index contributed by atoms with van der Waals surface area (Å²) in [5, 5.41) is 0.208. The normalized spacial score (nSPS) is 11.3. The van der Waals surface area contributed by atoms with Crippen LogP contribution in [0.25, 0.3) is 11.0 Å². The Kier molecular flexibility index (Phi) is 4.52. The first-order chi connectivity index (χ1) is 12.3. The van der Waals surface area contributed by atoms with E-state index >= 15 is 0 Å². The second kappa shape index (κ2) is 6.64. The monoisotopic (exact) mass is 373 g/mol. The van der Waals surface area contributed by atoms with Gasteiger partial charge in [0.25, 0.3) is 0 Å². The van der Waals surface area contributed by atoms with E-state index in [0.717, 1.165) is 13.2 Å². The molecule has 1 heterocycles. The van der Waals surface area contributed by atoms with E-state index in [0.29, 0.717) is 10.1 Å². The molecular formula is C18H15NO6S. The van der Waals surface area contributed by atoms with Crippen LogP contribution in [0, 0.1) is 0 Å². The third-order valence-electron chi connectivity index (χ3n) is 3.55. The van der Waals surface area contributed by atoms with Gasteiger partial charge in [-0.2, -0.15) is 0 Å². The minimum Gasteiger partial charge on any atom is -0.464 e. The van der Waals surface area contributed by atoms with Gasteiger partial charge in [0, 0.05) is 19.1 Å². The molecule has 0 atom stereocenters. The number of nitrogens with zero attached hydrogens (tertiary/aromatic N) is 1. The molecule has 0 bridgehead atoms. The van der Waals surface area contributed by atoms with Crippen LogP contribution >= 0.6 is 0 Å². The zero-order valence-corrected chi connectivity index (χ0v) is 14.8. The Labute approximate surface area is 149 Å². The number of amides is 1. The molecule has 26 heavy (non-hydrogen) atoms. The first-order valence-electron chi connectivity index (χ1n) is 7.57. The van der Waals surface area contributed by atoms with E-state index in [4.69, 9.17) is 9.15 Å². The summed E-state index contributed by atoms with van der Waals surface area (Å²) in [6, 6.07) is 12.5. The number of anilines is 1. The standard InChI is InChI=1S/C18H15NO6S/c1-12(20)19(26(2,22)23)15-11-17-14(16(21)8-9-24-17)10-18(15)25-13-6-4-3-5-7-13/h3-11H,1-2H3. The smallest absolute Gasteiger partial charge is 0.238 e. The molecule has 0 unspecified atom stereocenters. The van der Waals surface area contributed by atoms with Gasteiger partial charge in [-0.1, -0.05) is 18.2 Å². The molecule has 0 radical (unpaired) electrons. The quantitative estimate of drug-likeness (QED) is 0.698. The Morgan fingerprint density at radius 1 is 1.12 bits per heavy atom. The molecular weight excluding hydrogens is 358 g/mol. The van der Waals surface area contributed by atoms with Crippen molar-refractivity contribution >= 4 is 32.6 Å². The molecule has 0 spiro atoms. The Balaban J connectivity index is 2.30. The van der Waals surface area contributed by atoms with Gasteiger partial charge in [-0.25, -0.2) is 12.7 Å². The lowest BCUT2D eigenvalue weighted by atomic mass is 10.2. The summed E-state index contributed by atoms with van der Waals surface area (Å²) in [7, 11) is -3.93. The lowest BCUT2D eigenvalue weighted by molar-refractivity contribution is -0.115. The van der Waals surface area contributed by atoms with Crippen LogP contribution in [-0.2, 0) is 14.8 Å². The molecule has 1 amide bonds. The second-order valence-electron chi connectivity index (χ2n) is 5.56. The van der Waals surface area contributed by atoms with Gasteiger partial charge in [0.15, 0.2) is 11.2 Å². The topological polar surface area (TPSA) is 93.9 Å². The Morgan fingerprint density at radius 2 is 1.81 bits per heavy atom. The molecule has 2 aromatic carbocycles. The highest BCUT2D eigenvalue weighted by molar-refractivity contribution is 7.92. The predicted molar refractivity (Wildman–Crippen MR) is 97.0 cm³/mol. The highest BCUT2D eigenvalue weighted by Crippen LogP contribution is 2.36. The molecule has 3 rings (SSSR count). The van der Waals surface area contributed by atoms with E-state index < -0.39 is 15.9 Å². The lowest BCUT2D eigenvalue weighted by Crippen LogP contribution is -2.34. The van der Waals surface area contributed by atoms with Crippen molar-refractivity contribution in [1.29, 1.82) is 0 Å². The Hall–Kier alpha value is -3.13. The maximum absolute atomic E-state index is 12.1. The molecule has 1 aromatic heterocycles. The fourth-order valence-electron chi connectivity index (χ4n) is 2.54. The fourth-order valence-corrected chi connectivity index (χ4v) is 3.50. The molecule has 0 aliphatic heterocycles. The first kappa shape index (κ1) is 17.7. The van der Waals surface area contributed by atoms with Gasteiger partial charge in [0.2, 0.25) is 15.9 Å². The maximum atomic E-state index is 12.1. The number of ether oxygens (including phenoxy) is 1. The van der Waals surface area contributed by atoms with Crippen LogP contribution in [0.2, 0.25) is 0 Å². The number of hydrogen-bond acceptors (Lipinski definition) is 6. The Morgan fingerprint density at radius 3 is 2.42 bits per heavy atom. The molecule has 0 fully saturated rings. The molecule has 8 heteroatoms. The summed E-state index contributed by atoms with van der Waals surface area (Å²) in [6.45, 7) is 1.12. The van der Waals surface area contributed by atoms with Crippen molar-refractivity contribution < 1.29 is 22.4 Å². The van der Waals surface area contributed by atoms with Gasteiger partial charge in [-0.3, -0.25) is 9.59 Å². The van der Waals surface area contributed by atoms with E-state index in [-0.39, 0.29) is 27.8 Å². The highest BCUT2D eigenvalue weighted by Gasteiger charge is 2.27. The molecule has 0 aliphatic carbocycles. The summed E-state index contributed by atoms with van der Waals surface area (Å²) >= 11 is 0. The summed E-state index contributed by atoms with van der Waals surface area (Å²) in [4.78, 5) is 24.1. The van der Waals surface area contributed by atoms with E-state index in [1.165, 1.54) is 24.5 Å². The van der Waals surface area contributed by atoms with Crippen LogP contribution in [0.4, 0.5) is 5.69 Å². The van der Waals surface area contributed by atoms with Crippen molar-refractivity contribution in [3.8, 4) is 11.5 Å². The number of rotatable bonds is 4. The molecule has 3 aromatic rings. The molecule has 7 nitrogen and oxygen atoms in total. The molecule has 0 saturated carbocycles. The molecule has 0 N–H and O–H groups in total. The molecule has 0 aliphatic rings. The van der Waals surface area contributed by atoms with Crippen LogP contribution in [-0.4, -0.2) is 20.6 Å². The van der Waals surface area contributed by atoms with Gasteiger partial charge < -0.3 is 9.15 Å². The predicted octanol–water partition coefficient (Wildman–Crippen LogP) is 2.90. The Bertz CT molecular complexity index is 1140. The second-order valence-corrected chi connectivity index (χ2v) is 7.39. The van der Waals surface area contributed by atoms with Gasteiger partial charge in [0.05, 0.1) is 17.9 Å². The first-order valence-corrected chi connectivity index (χ1v) is 9.41. The van der Waals surface area contributed by atoms with E-state index in [1.54, 1.807) is 30.3 Å². The zero-order valence-electron chi connectivity index (χ0n) is 14.0. The summed E-state index contributed by atoms with van der Waals surface area (Å²) < 4.78 is 35.9. The van der Waals surface area contributed by atoms with Crippen molar-refractivity contribution in [3.63, 3.8) is 0 Å². The van der Waals surface area contributed by atoms with Crippen molar-refractivity contribution in [1.82, 2.24) is 0 Å². The van der Waals surface area contributed by atoms with Crippen molar-refractivity contribution in [2.24, 2.45) is 0 Å². The van der Waals surface area contributed by atoms with E-state index in [9.17, 15) is 18.0 Å². The lowest BCUT2D eigenvalue weighted by Gasteiger charge is -2.21. The van der Waals surface area contributed by atoms with Crippen LogP contribution in [0.15, 0.2) is 64.0 Å². The number of fused-ring (bicyclic) bond motifs is 1. The van der Waals surface area contributed by atoms with Gasteiger partial charge in [0.1, 0.15) is 17.0 Å². The van der Waals surface area contributed by atoms with E-state index in [1.807, 2.05) is 0 Å². The number of carbonyl (C=O) groups is 1. The third-order valence-corrected chi connectivity index (χ3v) is 4.67. The van der Waals surface area contributed by atoms with E-state index in [2.05, 4.69) is 0 Å². The summed E-state index contributed by atoms with van der Waals surface area (Å²) in [6.07, 6.45) is 2.11. The minimum absolute atomic E-state index is 0.0364. The summed E-state index contributed by atoms with van der Waals surface area (Å²) in [5.74, 6) is -0.253. The van der Waals surface area contributed by atoms with Crippen LogP contribution in [0.5, 0.6) is 11.5 Å². The van der Waals surface area contributed by atoms with Gasteiger partial charge in [-0.15, -0.1) is 0 Å². The van der Waals surface area contributed by atoms with Gasteiger partial charge in [-0.05, 0) is 18.2 Å². The van der Waals surface area contributed by atoms with Crippen molar-refractivity contribution in [2.45, 2.75) is 6.92 Å². The average molecular weight is 373 g/mol. The highest BCUT2D eigenvalue weighted by atomic mass is 32.2. The molecule has 134 valence electrons. The van der Waals surface area contributed by atoms with Crippen LogP contribution < -0.4 is 14.5 Å². The van der Waals surface area contributed by atoms with Crippen LogP contribution in [0.3, 0.4) is 0 Å². The SMILES string of the molecule is CC(=O)N(c1cc2occc(=O)c2cc1Oc1ccccc1)S(C)(=O)=O. The van der Waals surface area contributed by atoms with Gasteiger partial charge >= 0.3 is 0 Å². The number of hydrogen-bond donors (Lipinski definition) is 0. The maximum Gasteiger partial charge on any atom is 0.238 e. The third kappa shape index (κ3) is 3.45. The van der Waals surface area contributed by atoms with Crippen molar-refractivity contribution in [3.05, 3.63) is 65.0 Å². The minimum atomic E-state index is -3.93. The largest absolute Gasteiger partial charge is 0.464 e. The average Bonchev–Trinajstić information content (AvgIpc) is 2.55. The number of carbonyl (C=O) groups excluding carboxylic acids is 1. The zero-order chi connectivity index (χ0) is 18.9. The number of para-hydroxylation sites is 1. The molecule has 0 saturated heterocycles. The van der Waals surface area contributed by atoms with Crippen LogP contribution in [0.1, 0.15) is 6.92 Å². The summed E-state index contributed by atoms with van der Waals surface area (Å²) in [5.41, 5.74) is -0.210. The fraction of sp³-hybridized carbons (Fsp3) is 0.111. The number of sulfonamides is 1. The number of benzene rings is 2.